The van der Waals surface area contributed by atoms with Crippen molar-refractivity contribution in [3.05, 3.63) is 36.3 Å². The minimum absolute atomic E-state index is 0.314. The molecule has 0 aliphatic carbocycles. The Kier molecular flexibility index (Phi) is 4.64. The van der Waals surface area contributed by atoms with Crippen molar-refractivity contribution in [2.45, 2.75) is 38.9 Å². The summed E-state index contributed by atoms with van der Waals surface area (Å²) in [7, 11) is 1.29. The Morgan fingerprint density at radius 1 is 1.05 bits per heavy atom. The summed E-state index contributed by atoms with van der Waals surface area (Å²) < 4.78 is 22.6. The Bertz CT molecular complexity index is 495. The fourth-order valence-electron chi connectivity index (χ4n) is 2.01. The van der Waals surface area contributed by atoms with Crippen LogP contribution in [0.4, 0.5) is 0 Å². The van der Waals surface area contributed by atoms with Crippen LogP contribution in [0.3, 0.4) is 0 Å². The van der Waals surface area contributed by atoms with Crippen LogP contribution in [0.2, 0.25) is 0 Å². The van der Waals surface area contributed by atoms with Gasteiger partial charge in [0, 0.05) is 0 Å². The Morgan fingerprint density at radius 3 is 2.19 bits per heavy atom. The van der Waals surface area contributed by atoms with Crippen LogP contribution in [-0.4, -0.2) is 32.0 Å². The second kappa shape index (κ2) is 6.12. The molecule has 0 atom stereocenters. The van der Waals surface area contributed by atoms with Crippen LogP contribution in [0, 0.1) is 0 Å². The first-order chi connectivity index (χ1) is 9.86. The largest absolute Gasteiger partial charge is 0.493 e. The third-order valence-corrected chi connectivity index (χ3v) is 3.97. The maximum atomic E-state index is 5.87. The van der Waals surface area contributed by atoms with E-state index in [1.54, 1.807) is 7.11 Å². The molecule has 0 N–H and O–H groups in total. The molecule has 5 heteroatoms. The van der Waals surface area contributed by atoms with Gasteiger partial charge in [-0.1, -0.05) is 24.2 Å². The predicted molar refractivity (Wildman–Crippen MR) is 83.7 cm³/mol. The Balaban J connectivity index is 1.87. The maximum absolute atomic E-state index is 5.87. The second-order valence-corrected chi connectivity index (χ2v) is 6.01. The van der Waals surface area contributed by atoms with E-state index in [0.717, 1.165) is 11.5 Å². The van der Waals surface area contributed by atoms with Crippen LogP contribution in [-0.2, 0) is 9.31 Å². The number of methoxy groups -OCH3 is 1. The van der Waals surface area contributed by atoms with Crippen LogP contribution >= 0.6 is 0 Å². The topological polar surface area (TPSA) is 36.9 Å². The fourth-order valence-corrected chi connectivity index (χ4v) is 2.01. The number of ether oxygens (including phenoxy) is 2. The first-order valence-corrected chi connectivity index (χ1v) is 7.14. The summed E-state index contributed by atoms with van der Waals surface area (Å²) in [5.74, 6) is 3.33. The average molecular weight is 290 g/mol. The lowest BCUT2D eigenvalue weighted by Crippen LogP contribution is -2.41. The lowest BCUT2D eigenvalue weighted by Gasteiger charge is -2.32. The number of rotatable bonds is 5. The summed E-state index contributed by atoms with van der Waals surface area (Å²) in [6.07, 6.45) is 1.90. The summed E-state index contributed by atoms with van der Waals surface area (Å²) >= 11 is 0. The smallest absolute Gasteiger partial charge is 0.486 e. The van der Waals surface area contributed by atoms with E-state index in [0.29, 0.717) is 6.61 Å². The van der Waals surface area contributed by atoms with Gasteiger partial charge in [0.1, 0.15) is 6.61 Å². The summed E-state index contributed by atoms with van der Waals surface area (Å²) in [4.78, 5) is 0. The maximum Gasteiger partial charge on any atom is 0.486 e. The van der Waals surface area contributed by atoms with Gasteiger partial charge in [-0.3, -0.25) is 0 Å². The molecule has 114 valence electrons. The predicted octanol–water partition coefficient (Wildman–Crippen LogP) is 3.26. The highest BCUT2D eigenvalue weighted by Gasteiger charge is 2.49. The molecule has 0 saturated carbocycles. The standard InChI is InChI=1S/C16H23BO4/c1-15(2)16(3,4)21-17(20-15)11-8-12-19-14-10-7-6-9-13(14)18-5/h6-11H,12H2,1-5H3/b11-8+. The quantitative estimate of drug-likeness (QED) is 0.780. The minimum atomic E-state index is -0.337. The zero-order chi connectivity index (χ0) is 15.5. The number of hydrogen-bond acceptors (Lipinski definition) is 4. The Morgan fingerprint density at radius 2 is 1.62 bits per heavy atom. The molecule has 0 unspecified atom stereocenters. The van der Waals surface area contributed by atoms with Crippen molar-refractivity contribution in [3.63, 3.8) is 0 Å². The third-order valence-electron chi connectivity index (χ3n) is 3.97. The molecule has 1 aliphatic rings. The van der Waals surface area contributed by atoms with Crippen LogP contribution in [0.1, 0.15) is 27.7 Å². The van der Waals surface area contributed by atoms with Gasteiger partial charge in [0.15, 0.2) is 11.5 Å². The van der Waals surface area contributed by atoms with E-state index in [1.807, 2.05) is 64.0 Å². The highest BCUT2D eigenvalue weighted by molar-refractivity contribution is 6.51. The molecule has 0 spiro atoms. The van der Waals surface area contributed by atoms with E-state index < -0.39 is 0 Å². The van der Waals surface area contributed by atoms with Crippen molar-refractivity contribution in [1.82, 2.24) is 0 Å². The van der Waals surface area contributed by atoms with Crippen LogP contribution in [0.15, 0.2) is 36.3 Å². The van der Waals surface area contributed by atoms with Gasteiger partial charge in [0.05, 0.1) is 18.3 Å². The molecule has 4 nitrogen and oxygen atoms in total. The minimum Gasteiger partial charge on any atom is -0.493 e. The lowest BCUT2D eigenvalue weighted by atomic mass is 9.90. The highest BCUT2D eigenvalue weighted by Crippen LogP contribution is 2.36. The SMILES string of the molecule is COc1ccccc1OC/C=C/B1OC(C)(C)C(C)(C)O1. The van der Waals surface area contributed by atoms with Crippen molar-refractivity contribution in [3.8, 4) is 11.5 Å². The molecule has 0 aromatic heterocycles. The molecule has 1 aromatic carbocycles. The Hall–Kier alpha value is -1.46. The molecule has 2 rings (SSSR count). The molecular weight excluding hydrogens is 267 g/mol. The van der Waals surface area contributed by atoms with Crippen molar-refractivity contribution < 1.29 is 18.8 Å². The number of hydrogen-bond donors (Lipinski definition) is 0. The number of benzene rings is 1. The fraction of sp³-hybridized carbons (Fsp3) is 0.500. The first kappa shape index (κ1) is 15.9. The monoisotopic (exact) mass is 290 g/mol. The molecule has 1 heterocycles. The summed E-state index contributed by atoms with van der Waals surface area (Å²) in [6, 6.07) is 7.57. The lowest BCUT2D eigenvalue weighted by molar-refractivity contribution is 0.00578. The van der Waals surface area contributed by atoms with E-state index in [2.05, 4.69) is 0 Å². The molecule has 0 bridgehead atoms. The van der Waals surface area contributed by atoms with E-state index in [4.69, 9.17) is 18.8 Å². The van der Waals surface area contributed by atoms with Crippen molar-refractivity contribution in [2.24, 2.45) is 0 Å². The first-order valence-electron chi connectivity index (χ1n) is 7.14. The Labute approximate surface area is 127 Å². The summed E-state index contributed by atoms with van der Waals surface area (Å²) in [5.41, 5.74) is -0.628. The molecular formula is C16H23BO4. The number of para-hydroxylation sites is 2. The molecule has 0 amide bonds. The summed E-state index contributed by atoms with van der Waals surface area (Å²) in [6.45, 7) is 8.57. The van der Waals surface area contributed by atoms with E-state index in [-0.39, 0.29) is 18.3 Å². The zero-order valence-electron chi connectivity index (χ0n) is 13.4. The van der Waals surface area contributed by atoms with Gasteiger partial charge in [0.2, 0.25) is 0 Å². The van der Waals surface area contributed by atoms with Crippen LogP contribution < -0.4 is 9.47 Å². The van der Waals surface area contributed by atoms with Crippen molar-refractivity contribution in [2.75, 3.05) is 13.7 Å². The van der Waals surface area contributed by atoms with Gasteiger partial charge >= 0.3 is 7.12 Å². The van der Waals surface area contributed by atoms with Gasteiger partial charge in [0.25, 0.3) is 0 Å². The van der Waals surface area contributed by atoms with Gasteiger partial charge in [-0.15, -0.1) is 0 Å². The van der Waals surface area contributed by atoms with E-state index in [1.165, 1.54) is 0 Å². The highest BCUT2D eigenvalue weighted by atomic mass is 16.7. The molecule has 1 saturated heterocycles. The molecule has 1 aromatic rings. The van der Waals surface area contributed by atoms with Gasteiger partial charge < -0.3 is 18.8 Å². The van der Waals surface area contributed by atoms with Crippen molar-refractivity contribution >= 4 is 7.12 Å². The summed E-state index contributed by atoms with van der Waals surface area (Å²) in [5, 5.41) is 0. The average Bonchev–Trinajstić information content (AvgIpc) is 2.63. The molecule has 1 fully saturated rings. The second-order valence-electron chi connectivity index (χ2n) is 6.01. The van der Waals surface area contributed by atoms with Gasteiger partial charge in [-0.05, 0) is 39.8 Å². The molecule has 21 heavy (non-hydrogen) atoms. The molecule has 1 aliphatic heterocycles. The third kappa shape index (κ3) is 3.60. The van der Waals surface area contributed by atoms with Gasteiger partial charge in [-0.2, -0.15) is 0 Å². The van der Waals surface area contributed by atoms with Crippen LogP contribution in [0.25, 0.3) is 0 Å². The zero-order valence-corrected chi connectivity index (χ0v) is 13.4. The normalized spacial score (nSPS) is 20.0. The van der Waals surface area contributed by atoms with E-state index >= 15 is 0 Å². The van der Waals surface area contributed by atoms with E-state index in [9.17, 15) is 0 Å². The van der Waals surface area contributed by atoms with Crippen molar-refractivity contribution in [1.29, 1.82) is 0 Å². The molecule has 0 radical (unpaired) electrons. The van der Waals surface area contributed by atoms with Crippen LogP contribution in [0.5, 0.6) is 11.5 Å². The van der Waals surface area contributed by atoms with Gasteiger partial charge in [-0.25, -0.2) is 0 Å².